The molecule has 0 bridgehead atoms. The van der Waals surface area contributed by atoms with Gasteiger partial charge in [-0.25, -0.2) is 9.48 Å². The minimum atomic E-state index is -0.274. The molecule has 1 aliphatic carbocycles. The highest BCUT2D eigenvalue weighted by Crippen LogP contribution is 2.30. The summed E-state index contributed by atoms with van der Waals surface area (Å²) in [6, 6.07) is 1.99. The Morgan fingerprint density at radius 3 is 3.09 bits per heavy atom. The molecule has 0 saturated heterocycles. The van der Waals surface area contributed by atoms with E-state index in [1.807, 2.05) is 6.07 Å². The number of fused-ring (bicyclic) bond motifs is 1. The molecule has 2 heterocycles. The van der Waals surface area contributed by atoms with Crippen LogP contribution < -0.4 is 0 Å². The molecule has 0 atom stereocenters. The van der Waals surface area contributed by atoms with E-state index in [1.54, 1.807) is 16.0 Å². The van der Waals surface area contributed by atoms with Gasteiger partial charge in [-0.2, -0.15) is 0 Å². The van der Waals surface area contributed by atoms with Gasteiger partial charge < -0.3 is 4.74 Å². The molecule has 7 heteroatoms. The van der Waals surface area contributed by atoms with E-state index in [0.29, 0.717) is 10.7 Å². The quantitative estimate of drug-likeness (QED) is 0.765. The molecule has 22 heavy (non-hydrogen) atoms. The number of esters is 1. The van der Waals surface area contributed by atoms with E-state index < -0.39 is 0 Å². The summed E-state index contributed by atoms with van der Waals surface area (Å²) in [5.41, 5.74) is 1.32. The average molecular weight is 320 g/mol. The van der Waals surface area contributed by atoms with Gasteiger partial charge in [-0.15, -0.1) is 16.4 Å². The zero-order valence-corrected chi connectivity index (χ0v) is 13.6. The second-order valence-electron chi connectivity index (χ2n) is 5.51. The minimum Gasteiger partial charge on any atom is -0.453 e. The van der Waals surface area contributed by atoms with Gasteiger partial charge in [-0.05, 0) is 54.2 Å². The van der Waals surface area contributed by atoms with Crippen molar-refractivity contribution in [3.63, 3.8) is 0 Å². The monoisotopic (exact) mass is 320 g/mol. The van der Waals surface area contributed by atoms with Gasteiger partial charge in [-0.1, -0.05) is 13.3 Å². The number of rotatable bonds is 6. The van der Waals surface area contributed by atoms with E-state index in [9.17, 15) is 4.79 Å². The number of carbonyl (C=O) groups excluding carboxylic acids is 1. The number of hydrogen-bond donors (Lipinski definition) is 0. The van der Waals surface area contributed by atoms with Crippen LogP contribution in [0.5, 0.6) is 0 Å². The number of thiophene rings is 1. The van der Waals surface area contributed by atoms with Crippen LogP contribution >= 0.6 is 11.3 Å². The minimum absolute atomic E-state index is 0.123. The van der Waals surface area contributed by atoms with E-state index in [4.69, 9.17) is 4.74 Å². The lowest BCUT2D eigenvalue weighted by Crippen LogP contribution is -2.10. The first-order valence-electron chi connectivity index (χ1n) is 7.81. The zero-order valence-electron chi connectivity index (χ0n) is 12.7. The highest BCUT2D eigenvalue weighted by atomic mass is 32.1. The molecule has 0 amide bonds. The first-order valence-corrected chi connectivity index (χ1v) is 8.63. The topological polar surface area (TPSA) is 69.9 Å². The lowest BCUT2D eigenvalue weighted by atomic mass is 9.99. The van der Waals surface area contributed by atoms with Crippen molar-refractivity contribution in [3.05, 3.63) is 27.2 Å². The van der Waals surface area contributed by atoms with E-state index in [2.05, 4.69) is 22.4 Å². The average Bonchev–Trinajstić information content (AvgIpc) is 3.16. The number of hydrogen-bond acceptors (Lipinski definition) is 6. The van der Waals surface area contributed by atoms with Crippen LogP contribution in [0.4, 0.5) is 0 Å². The largest absolute Gasteiger partial charge is 0.453 e. The summed E-state index contributed by atoms with van der Waals surface area (Å²) in [5, 5.41) is 11.5. The molecule has 0 N–H and O–H groups in total. The molecule has 3 rings (SSSR count). The van der Waals surface area contributed by atoms with Crippen LogP contribution in [-0.4, -0.2) is 26.2 Å². The molecular formula is C15H20N4O2S. The number of nitrogens with zero attached hydrogens (tertiary/aromatic N) is 4. The Morgan fingerprint density at radius 2 is 2.27 bits per heavy atom. The third-order valence-corrected chi connectivity index (χ3v) is 5.08. The van der Waals surface area contributed by atoms with E-state index in [0.717, 1.165) is 32.2 Å². The van der Waals surface area contributed by atoms with Crippen molar-refractivity contribution in [2.75, 3.05) is 0 Å². The van der Waals surface area contributed by atoms with Gasteiger partial charge in [-0.3, -0.25) is 0 Å². The SMILES string of the molecule is CCCCn1nnnc1COC(=O)c1cc2c(s1)CCCC2. The summed E-state index contributed by atoms with van der Waals surface area (Å²) < 4.78 is 7.08. The molecule has 2 aromatic heterocycles. The van der Waals surface area contributed by atoms with Crippen LogP contribution in [0, 0.1) is 0 Å². The number of aromatic nitrogens is 4. The summed E-state index contributed by atoms with van der Waals surface area (Å²) in [6.07, 6.45) is 6.67. The predicted octanol–water partition coefficient (Wildman–Crippen LogP) is 2.77. The Balaban J connectivity index is 1.60. The van der Waals surface area contributed by atoms with E-state index >= 15 is 0 Å². The van der Waals surface area contributed by atoms with E-state index in [1.165, 1.54) is 23.3 Å². The van der Waals surface area contributed by atoms with Crippen LogP contribution in [-0.2, 0) is 30.7 Å². The van der Waals surface area contributed by atoms with Gasteiger partial charge in [0, 0.05) is 11.4 Å². The molecular weight excluding hydrogens is 300 g/mol. The third kappa shape index (κ3) is 3.35. The molecule has 0 fully saturated rings. The van der Waals surface area contributed by atoms with Crippen molar-refractivity contribution in [2.24, 2.45) is 0 Å². The van der Waals surface area contributed by atoms with Crippen molar-refractivity contribution in [1.29, 1.82) is 0 Å². The highest BCUT2D eigenvalue weighted by Gasteiger charge is 2.19. The van der Waals surface area contributed by atoms with Crippen LogP contribution in [0.15, 0.2) is 6.07 Å². The Labute approximate surface area is 133 Å². The van der Waals surface area contributed by atoms with Crippen LogP contribution in [0.2, 0.25) is 0 Å². The van der Waals surface area contributed by atoms with Crippen molar-refractivity contribution in [3.8, 4) is 0 Å². The van der Waals surface area contributed by atoms with Crippen molar-refractivity contribution in [2.45, 2.75) is 58.6 Å². The predicted molar refractivity (Wildman–Crippen MR) is 82.8 cm³/mol. The summed E-state index contributed by atoms with van der Waals surface area (Å²) in [6.45, 7) is 2.99. The van der Waals surface area contributed by atoms with Gasteiger partial charge in [0.1, 0.15) is 4.88 Å². The molecule has 0 spiro atoms. The summed E-state index contributed by atoms with van der Waals surface area (Å²) in [7, 11) is 0. The molecule has 0 aromatic carbocycles. The van der Waals surface area contributed by atoms with Crippen molar-refractivity contribution < 1.29 is 9.53 Å². The first kappa shape index (κ1) is 15.1. The maximum Gasteiger partial charge on any atom is 0.348 e. The number of aryl methyl sites for hydroxylation is 3. The van der Waals surface area contributed by atoms with Crippen molar-refractivity contribution in [1.82, 2.24) is 20.2 Å². The van der Waals surface area contributed by atoms with Crippen LogP contribution in [0.1, 0.15) is 58.5 Å². The Morgan fingerprint density at radius 1 is 1.41 bits per heavy atom. The van der Waals surface area contributed by atoms with Gasteiger partial charge >= 0.3 is 5.97 Å². The van der Waals surface area contributed by atoms with Crippen molar-refractivity contribution >= 4 is 17.3 Å². The summed E-state index contributed by atoms with van der Waals surface area (Å²) in [4.78, 5) is 14.2. The Kier molecular flexibility index (Phi) is 4.82. The molecule has 0 aliphatic heterocycles. The van der Waals surface area contributed by atoms with E-state index in [-0.39, 0.29) is 12.6 Å². The number of carbonyl (C=O) groups is 1. The lowest BCUT2D eigenvalue weighted by molar-refractivity contribution is 0.0462. The maximum atomic E-state index is 12.2. The zero-order chi connectivity index (χ0) is 15.4. The molecule has 2 aromatic rings. The molecule has 6 nitrogen and oxygen atoms in total. The smallest absolute Gasteiger partial charge is 0.348 e. The molecule has 0 saturated carbocycles. The molecule has 1 aliphatic rings. The standard InChI is InChI=1S/C15H20N4O2S/c1-2-3-8-19-14(16-17-18-19)10-21-15(20)13-9-11-6-4-5-7-12(11)22-13/h9H,2-8,10H2,1H3. The fraction of sp³-hybridized carbons (Fsp3) is 0.600. The fourth-order valence-electron chi connectivity index (χ4n) is 2.60. The summed E-state index contributed by atoms with van der Waals surface area (Å²) >= 11 is 1.57. The Hall–Kier alpha value is -1.76. The lowest BCUT2D eigenvalue weighted by Gasteiger charge is -2.08. The van der Waals surface area contributed by atoms with Gasteiger partial charge in [0.2, 0.25) is 0 Å². The maximum absolute atomic E-state index is 12.2. The normalized spacial score (nSPS) is 13.9. The van der Waals surface area contributed by atoms with Gasteiger partial charge in [0.25, 0.3) is 0 Å². The second-order valence-corrected chi connectivity index (χ2v) is 6.65. The summed E-state index contributed by atoms with van der Waals surface area (Å²) in [5.74, 6) is 0.326. The third-order valence-electron chi connectivity index (χ3n) is 3.86. The second kappa shape index (κ2) is 7.00. The van der Waals surface area contributed by atoms with Gasteiger partial charge in [0.15, 0.2) is 12.4 Å². The Bertz CT molecular complexity index is 626. The number of ether oxygens (including phenoxy) is 1. The van der Waals surface area contributed by atoms with Gasteiger partial charge in [0.05, 0.1) is 0 Å². The number of tetrazole rings is 1. The van der Waals surface area contributed by atoms with Crippen LogP contribution in [0.25, 0.3) is 0 Å². The first-order chi connectivity index (χ1) is 10.8. The highest BCUT2D eigenvalue weighted by molar-refractivity contribution is 7.14. The molecule has 118 valence electrons. The molecule has 0 radical (unpaired) electrons. The molecule has 0 unspecified atom stereocenters. The number of unbranched alkanes of at least 4 members (excludes halogenated alkanes) is 1. The van der Waals surface area contributed by atoms with Crippen LogP contribution in [0.3, 0.4) is 0 Å². The fourth-order valence-corrected chi connectivity index (χ4v) is 3.75.